The molecule has 6 heteroatoms. The van der Waals surface area contributed by atoms with Gasteiger partial charge in [-0.25, -0.2) is 9.78 Å². The summed E-state index contributed by atoms with van der Waals surface area (Å²) in [5, 5.41) is 2.39. The smallest absolute Gasteiger partial charge is 0.358 e. The Hall–Kier alpha value is -2.31. The number of ether oxygens (including phenoxy) is 1. The monoisotopic (exact) mass is 343 g/mol. The first-order chi connectivity index (χ1) is 11.1. The molecule has 1 aromatic carbocycles. The van der Waals surface area contributed by atoms with E-state index in [-0.39, 0.29) is 18.1 Å². The van der Waals surface area contributed by atoms with Crippen molar-refractivity contribution in [2.75, 3.05) is 6.61 Å². The second kappa shape index (κ2) is 6.85. The summed E-state index contributed by atoms with van der Waals surface area (Å²) in [6.07, 6.45) is 0. The maximum Gasteiger partial charge on any atom is 0.358 e. The van der Waals surface area contributed by atoms with E-state index in [9.17, 15) is 9.59 Å². The molecule has 23 heavy (non-hydrogen) atoms. The molecule has 0 radical (unpaired) electrons. The third-order valence-electron chi connectivity index (χ3n) is 3.08. The largest absolute Gasteiger partial charge is 0.453 e. The predicted molar refractivity (Wildman–Crippen MR) is 91.2 cm³/mol. The molecule has 2 heterocycles. The Morgan fingerprint density at radius 3 is 2.61 bits per heavy atom. The number of hydrogen-bond donors (Lipinski definition) is 0. The quantitative estimate of drug-likeness (QED) is 0.514. The molecule has 0 aliphatic rings. The van der Waals surface area contributed by atoms with Gasteiger partial charge in [-0.1, -0.05) is 30.3 Å². The van der Waals surface area contributed by atoms with Gasteiger partial charge in [-0.15, -0.1) is 22.7 Å². The molecule has 2 aromatic heterocycles. The zero-order valence-corrected chi connectivity index (χ0v) is 13.9. The van der Waals surface area contributed by atoms with Gasteiger partial charge in [0.1, 0.15) is 5.01 Å². The van der Waals surface area contributed by atoms with E-state index in [1.54, 1.807) is 11.4 Å². The van der Waals surface area contributed by atoms with Gasteiger partial charge in [0.25, 0.3) is 0 Å². The van der Waals surface area contributed by atoms with Crippen molar-refractivity contribution in [2.45, 2.75) is 6.92 Å². The molecule has 0 bridgehead atoms. The van der Waals surface area contributed by atoms with Crippen LogP contribution in [0.4, 0.5) is 0 Å². The first-order valence-corrected chi connectivity index (χ1v) is 8.61. The summed E-state index contributed by atoms with van der Waals surface area (Å²) >= 11 is 2.76. The summed E-state index contributed by atoms with van der Waals surface area (Å²) in [6, 6.07) is 13.2. The van der Waals surface area contributed by atoms with Gasteiger partial charge in [-0.3, -0.25) is 4.79 Å². The van der Waals surface area contributed by atoms with E-state index >= 15 is 0 Å². The molecule has 0 N–H and O–H groups in total. The van der Waals surface area contributed by atoms with E-state index in [4.69, 9.17) is 4.74 Å². The van der Waals surface area contributed by atoms with Crippen molar-refractivity contribution in [3.63, 3.8) is 0 Å². The number of esters is 1. The molecular formula is C17H13NO3S2. The topological polar surface area (TPSA) is 56.3 Å². The van der Waals surface area contributed by atoms with Crippen molar-refractivity contribution in [2.24, 2.45) is 0 Å². The van der Waals surface area contributed by atoms with Crippen LogP contribution in [0.25, 0.3) is 10.6 Å². The van der Waals surface area contributed by atoms with E-state index in [1.807, 2.05) is 43.3 Å². The first-order valence-electron chi connectivity index (χ1n) is 6.91. The number of Topliss-reactive ketones (excluding diaryl/α,β-unsaturated/α-hetero) is 1. The van der Waals surface area contributed by atoms with Crippen LogP contribution in [-0.4, -0.2) is 23.3 Å². The molecule has 4 nitrogen and oxygen atoms in total. The number of thiazole rings is 1. The summed E-state index contributed by atoms with van der Waals surface area (Å²) < 4.78 is 5.07. The molecule has 0 saturated carbocycles. The Labute approximate surface area is 141 Å². The van der Waals surface area contributed by atoms with Gasteiger partial charge in [0.2, 0.25) is 5.78 Å². The molecule has 0 atom stereocenters. The summed E-state index contributed by atoms with van der Waals surface area (Å²) in [5.41, 5.74) is 1.17. The number of thiophene rings is 1. The number of nitrogens with zero attached hydrogens (tertiary/aromatic N) is 1. The van der Waals surface area contributed by atoms with Gasteiger partial charge in [0.15, 0.2) is 12.3 Å². The normalized spacial score (nSPS) is 10.5. The highest BCUT2D eigenvalue weighted by Crippen LogP contribution is 2.23. The van der Waals surface area contributed by atoms with E-state index in [0.29, 0.717) is 4.88 Å². The Morgan fingerprint density at radius 1 is 1.13 bits per heavy atom. The standard InChI is InChI=1S/C17H13NO3S2/c1-11-7-8-15(23-11)14(19)9-21-17(20)13-10-22-16(18-13)12-5-3-2-4-6-12/h2-8,10H,9H2,1H3. The number of aromatic nitrogens is 1. The molecule has 0 aliphatic carbocycles. The fourth-order valence-corrected chi connectivity index (χ4v) is 3.53. The van der Waals surface area contributed by atoms with Gasteiger partial charge >= 0.3 is 5.97 Å². The van der Waals surface area contributed by atoms with Crippen LogP contribution in [0, 0.1) is 6.92 Å². The van der Waals surface area contributed by atoms with E-state index < -0.39 is 5.97 Å². The summed E-state index contributed by atoms with van der Waals surface area (Å²) in [5.74, 6) is -0.778. The van der Waals surface area contributed by atoms with Crippen LogP contribution in [0.5, 0.6) is 0 Å². The Bertz CT molecular complexity index is 836. The number of ketones is 1. The molecule has 0 saturated heterocycles. The van der Waals surface area contributed by atoms with Gasteiger partial charge in [-0.05, 0) is 19.1 Å². The highest BCUT2D eigenvalue weighted by molar-refractivity contribution is 7.14. The minimum Gasteiger partial charge on any atom is -0.453 e. The molecule has 0 aliphatic heterocycles. The van der Waals surface area contributed by atoms with Crippen LogP contribution in [0.3, 0.4) is 0 Å². The lowest BCUT2D eigenvalue weighted by atomic mass is 10.2. The summed E-state index contributed by atoms with van der Waals surface area (Å²) in [6.45, 7) is 1.66. The molecule has 0 unspecified atom stereocenters. The van der Waals surface area contributed by atoms with Crippen LogP contribution in [-0.2, 0) is 4.74 Å². The number of carbonyl (C=O) groups excluding carboxylic acids is 2. The zero-order chi connectivity index (χ0) is 16.2. The van der Waals surface area contributed by atoms with Crippen LogP contribution >= 0.6 is 22.7 Å². The highest BCUT2D eigenvalue weighted by Gasteiger charge is 2.16. The van der Waals surface area contributed by atoms with Crippen LogP contribution < -0.4 is 0 Å². The minimum absolute atomic E-state index is 0.199. The summed E-state index contributed by atoms with van der Waals surface area (Å²) in [4.78, 5) is 29.9. The lowest BCUT2D eigenvalue weighted by Crippen LogP contribution is -2.13. The fraction of sp³-hybridized carbons (Fsp3) is 0.118. The van der Waals surface area contributed by atoms with Gasteiger partial charge in [-0.2, -0.15) is 0 Å². The number of benzene rings is 1. The van der Waals surface area contributed by atoms with Crippen molar-refractivity contribution in [3.05, 3.63) is 63.3 Å². The Morgan fingerprint density at radius 2 is 1.91 bits per heavy atom. The lowest BCUT2D eigenvalue weighted by molar-refractivity contribution is 0.0471. The van der Waals surface area contributed by atoms with Crippen molar-refractivity contribution in [3.8, 4) is 10.6 Å². The minimum atomic E-state index is -0.579. The molecule has 0 amide bonds. The van der Waals surface area contributed by atoms with Crippen molar-refractivity contribution >= 4 is 34.4 Å². The number of carbonyl (C=O) groups is 2. The Kier molecular flexibility index (Phi) is 4.64. The van der Waals surface area contributed by atoms with Crippen molar-refractivity contribution < 1.29 is 14.3 Å². The second-order valence-electron chi connectivity index (χ2n) is 4.81. The SMILES string of the molecule is Cc1ccc(C(=O)COC(=O)c2csc(-c3ccccc3)n2)s1. The molecule has 0 spiro atoms. The van der Waals surface area contributed by atoms with E-state index in [2.05, 4.69) is 4.98 Å². The van der Waals surface area contributed by atoms with Gasteiger partial charge in [0, 0.05) is 15.8 Å². The average molecular weight is 343 g/mol. The first kappa shape index (κ1) is 15.6. The fourth-order valence-electron chi connectivity index (χ4n) is 1.94. The predicted octanol–water partition coefficient (Wildman–Crippen LogP) is 4.22. The number of rotatable bonds is 5. The third kappa shape index (κ3) is 3.72. The van der Waals surface area contributed by atoms with Crippen LogP contribution in [0.2, 0.25) is 0 Å². The Balaban J connectivity index is 1.63. The maximum atomic E-state index is 12.0. The maximum absolute atomic E-state index is 12.0. The van der Waals surface area contributed by atoms with E-state index in [1.165, 1.54) is 22.7 Å². The average Bonchev–Trinajstić information content (AvgIpc) is 3.22. The van der Waals surface area contributed by atoms with Crippen molar-refractivity contribution in [1.82, 2.24) is 4.98 Å². The van der Waals surface area contributed by atoms with Gasteiger partial charge < -0.3 is 4.74 Å². The van der Waals surface area contributed by atoms with Crippen molar-refractivity contribution in [1.29, 1.82) is 0 Å². The van der Waals surface area contributed by atoms with Crippen LogP contribution in [0.1, 0.15) is 25.0 Å². The number of aryl methyl sites for hydroxylation is 1. The molecule has 3 aromatic rings. The zero-order valence-electron chi connectivity index (χ0n) is 12.3. The van der Waals surface area contributed by atoms with Crippen LogP contribution in [0.15, 0.2) is 47.8 Å². The summed E-state index contributed by atoms with van der Waals surface area (Å²) in [7, 11) is 0. The third-order valence-corrected chi connectivity index (χ3v) is 5.02. The molecule has 116 valence electrons. The molecule has 0 fully saturated rings. The van der Waals surface area contributed by atoms with E-state index in [0.717, 1.165) is 15.4 Å². The highest BCUT2D eigenvalue weighted by atomic mass is 32.1. The lowest BCUT2D eigenvalue weighted by Gasteiger charge is -2.00. The van der Waals surface area contributed by atoms with Gasteiger partial charge in [0.05, 0.1) is 4.88 Å². The second-order valence-corrected chi connectivity index (χ2v) is 6.96. The molecule has 3 rings (SSSR count). The number of hydrogen-bond acceptors (Lipinski definition) is 6. The molecular weight excluding hydrogens is 330 g/mol.